The highest BCUT2D eigenvalue weighted by Crippen LogP contribution is 2.32. The number of amides is 1. The van der Waals surface area contributed by atoms with Crippen molar-refractivity contribution in [1.29, 1.82) is 0 Å². The maximum atomic E-state index is 13.5. The minimum absolute atomic E-state index is 0.0246. The molecule has 0 saturated carbocycles. The number of pyridine rings is 2. The summed E-state index contributed by atoms with van der Waals surface area (Å²) in [5.41, 5.74) is -0.311. The van der Waals surface area contributed by atoms with E-state index in [1.165, 1.54) is 24.3 Å². The lowest BCUT2D eigenvalue weighted by molar-refractivity contribution is -0.137. The van der Waals surface area contributed by atoms with Gasteiger partial charge in [-0.05, 0) is 42.0 Å². The molecular formula is C24H17ClF3N3O3S. The van der Waals surface area contributed by atoms with E-state index in [1.54, 1.807) is 30.3 Å². The van der Waals surface area contributed by atoms with Crippen LogP contribution in [-0.2, 0) is 22.6 Å². The van der Waals surface area contributed by atoms with Crippen molar-refractivity contribution in [2.75, 3.05) is 11.2 Å². The summed E-state index contributed by atoms with van der Waals surface area (Å²) in [6.07, 6.45) is -2.09. The van der Waals surface area contributed by atoms with Crippen molar-refractivity contribution in [1.82, 2.24) is 9.97 Å². The number of carbonyl (C=O) groups excluding carboxylic acids is 1. The summed E-state index contributed by atoms with van der Waals surface area (Å²) >= 11 is 5.98. The van der Waals surface area contributed by atoms with Gasteiger partial charge < -0.3 is 4.90 Å². The van der Waals surface area contributed by atoms with E-state index >= 15 is 0 Å². The summed E-state index contributed by atoms with van der Waals surface area (Å²) in [6.45, 7) is -0.147. The van der Waals surface area contributed by atoms with Gasteiger partial charge in [0, 0.05) is 24.0 Å². The Labute approximate surface area is 203 Å². The number of halogens is 4. The maximum Gasteiger partial charge on any atom is 0.417 e. The number of sulfone groups is 1. The Bertz CT molecular complexity index is 1540. The Kier molecular flexibility index (Phi) is 6.52. The van der Waals surface area contributed by atoms with Gasteiger partial charge in [0.15, 0.2) is 9.84 Å². The largest absolute Gasteiger partial charge is 0.417 e. The van der Waals surface area contributed by atoms with Crippen molar-refractivity contribution in [3.8, 4) is 0 Å². The van der Waals surface area contributed by atoms with Crippen molar-refractivity contribution in [2.24, 2.45) is 0 Å². The number of fused-ring (bicyclic) bond motifs is 1. The molecule has 4 aromatic rings. The minimum atomic E-state index is -4.71. The maximum absolute atomic E-state index is 13.5. The van der Waals surface area contributed by atoms with Crippen LogP contribution in [0.3, 0.4) is 0 Å². The Morgan fingerprint density at radius 1 is 1.03 bits per heavy atom. The van der Waals surface area contributed by atoms with Crippen LogP contribution in [0.5, 0.6) is 0 Å². The quantitative estimate of drug-likeness (QED) is 0.323. The number of benzene rings is 2. The first kappa shape index (κ1) is 24.6. The third kappa shape index (κ3) is 5.44. The molecule has 180 valence electrons. The molecule has 0 aliphatic rings. The van der Waals surface area contributed by atoms with E-state index in [1.807, 2.05) is 0 Å². The molecule has 0 unspecified atom stereocenters. The zero-order chi connectivity index (χ0) is 25.4. The first-order chi connectivity index (χ1) is 16.4. The highest BCUT2D eigenvalue weighted by Gasteiger charge is 2.32. The van der Waals surface area contributed by atoms with Crippen molar-refractivity contribution < 1.29 is 26.4 Å². The topological polar surface area (TPSA) is 80.2 Å². The molecule has 0 saturated heterocycles. The third-order valence-corrected chi connectivity index (χ3v) is 6.53. The summed E-state index contributed by atoms with van der Waals surface area (Å²) in [6, 6.07) is 15.0. The molecule has 0 N–H and O–H groups in total. The number of hydrogen-bond acceptors (Lipinski definition) is 5. The predicted molar refractivity (Wildman–Crippen MR) is 126 cm³/mol. The smallest absolute Gasteiger partial charge is 0.303 e. The van der Waals surface area contributed by atoms with Crippen LogP contribution in [0.25, 0.3) is 10.9 Å². The van der Waals surface area contributed by atoms with E-state index in [-0.39, 0.29) is 27.8 Å². The second kappa shape index (κ2) is 9.27. The van der Waals surface area contributed by atoms with Crippen LogP contribution in [0, 0.1) is 0 Å². The van der Waals surface area contributed by atoms with Crippen LogP contribution in [-0.4, -0.2) is 30.5 Å². The van der Waals surface area contributed by atoms with Crippen LogP contribution in [0.15, 0.2) is 78.0 Å². The highest BCUT2D eigenvalue weighted by molar-refractivity contribution is 7.90. The SMILES string of the molecule is CS(=O)(=O)c1ccccc1N(Cc1ccc2ccc(Cl)nc2c1)C(=O)c1cncc(C(F)(F)F)c1. The van der Waals surface area contributed by atoms with Gasteiger partial charge in [-0.15, -0.1) is 0 Å². The van der Waals surface area contributed by atoms with Gasteiger partial charge in [0.05, 0.1) is 33.8 Å². The number of alkyl halides is 3. The minimum Gasteiger partial charge on any atom is -0.303 e. The number of anilines is 1. The molecule has 6 nitrogen and oxygen atoms in total. The van der Waals surface area contributed by atoms with Gasteiger partial charge in [-0.1, -0.05) is 35.9 Å². The van der Waals surface area contributed by atoms with E-state index in [0.717, 1.165) is 22.7 Å². The van der Waals surface area contributed by atoms with Gasteiger partial charge in [0.25, 0.3) is 5.91 Å². The van der Waals surface area contributed by atoms with E-state index < -0.39 is 27.5 Å². The molecule has 2 aromatic heterocycles. The Balaban J connectivity index is 1.85. The molecule has 0 aliphatic carbocycles. The molecule has 0 fully saturated rings. The molecule has 35 heavy (non-hydrogen) atoms. The van der Waals surface area contributed by atoms with Crippen molar-refractivity contribution in [3.63, 3.8) is 0 Å². The molecule has 4 rings (SSSR count). The number of hydrogen-bond donors (Lipinski definition) is 0. The van der Waals surface area contributed by atoms with Crippen LogP contribution in [0.1, 0.15) is 21.5 Å². The molecule has 0 atom stereocenters. The van der Waals surface area contributed by atoms with Crippen molar-refractivity contribution in [2.45, 2.75) is 17.6 Å². The lowest BCUT2D eigenvalue weighted by Gasteiger charge is -2.25. The van der Waals surface area contributed by atoms with Crippen LogP contribution in [0.2, 0.25) is 5.15 Å². The lowest BCUT2D eigenvalue weighted by atomic mass is 10.1. The summed E-state index contributed by atoms with van der Waals surface area (Å²) in [7, 11) is -3.78. The molecule has 2 heterocycles. The van der Waals surface area contributed by atoms with Crippen LogP contribution < -0.4 is 4.90 Å². The van der Waals surface area contributed by atoms with Gasteiger partial charge in [-0.2, -0.15) is 13.2 Å². The van der Waals surface area contributed by atoms with Crippen LogP contribution >= 0.6 is 11.6 Å². The van der Waals surface area contributed by atoms with Crippen molar-refractivity contribution in [3.05, 3.63) is 94.9 Å². The summed E-state index contributed by atoms with van der Waals surface area (Å²) < 4.78 is 64.6. The Morgan fingerprint density at radius 3 is 2.46 bits per heavy atom. The number of nitrogens with zero attached hydrogens (tertiary/aromatic N) is 3. The summed E-state index contributed by atoms with van der Waals surface area (Å²) in [5.74, 6) is -0.848. The van der Waals surface area contributed by atoms with Gasteiger partial charge >= 0.3 is 6.18 Å². The second-order valence-electron chi connectivity index (χ2n) is 7.75. The molecule has 0 bridgehead atoms. The number of para-hydroxylation sites is 1. The normalized spacial score (nSPS) is 12.0. The first-order valence-electron chi connectivity index (χ1n) is 10.1. The average Bonchev–Trinajstić information content (AvgIpc) is 2.81. The standard InChI is InChI=1S/C24H17ClF3N3O3S/c1-35(33,34)21-5-3-2-4-20(21)31(23(32)17-11-18(13-29-12-17)24(26,27)28)14-15-6-7-16-8-9-22(25)30-19(16)10-15/h2-13H,14H2,1H3. The highest BCUT2D eigenvalue weighted by atomic mass is 35.5. The molecule has 0 aliphatic heterocycles. The molecule has 11 heteroatoms. The summed E-state index contributed by atoms with van der Waals surface area (Å²) in [4.78, 5) is 22.3. The first-order valence-corrected chi connectivity index (χ1v) is 12.4. The van der Waals surface area contributed by atoms with E-state index in [9.17, 15) is 26.4 Å². The number of rotatable bonds is 5. The van der Waals surface area contributed by atoms with Crippen molar-refractivity contribution >= 4 is 43.9 Å². The fourth-order valence-electron chi connectivity index (χ4n) is 3.55. The fraction of sp³-hybridized carbons (Fsp3) is 0.125. The Morgan fingerprint density at radius 2 is 1.74 bits per heavy atom. The number of carbonyl (C=O) groups is 1. The monoisotopic (exact) mass is 519 g/mol. The zero-order valence-corrected chi connectivity index (χ0v) is 19.7. The summed E-state index contributed by atoms with van der Waals surface area (Å²) in [5, 5.41) is 1.05. The van der Waals surface area contributed by atoms with Crippen LogP contribution in [0.4, 0.5) is 18.9 Å². The van der Waals surface area contributed by atoms with E-state index in [2.05, 4.69) is 9.97 Å². The third-order valence-electron chi connectivity index (χ3n) is 5.18. The van der Waals surface area contributed by atoms with Gasteiger partial charge in [0.2, 0.25) is 0 Å². The second-order valence-corrected chi connectivity index (χ2v) is 10.1. The van der Waals surface area contributed by atoms with Gasteiger partial charge in [-0.3, -0.25) is 9.78 Å². The van der Waals surface area contributed by atoms with Gasteiger partial charge in [0.1, 0.15) is 5.15 Å². The molecule has 0 radical (unpaired) electrons. The zero-order valence-electron chi connectivity index (χ0n) is 18.1. The van der Waals surface area contributed by atoms with E-state index in [4.69, 9.17) is 11.6 Å². The predicted octanol–water partition coefficient (Wildman–Crippen LogP) is 5.55. The molecule has 0 spiro atoms. The Hall–Kier alpha value is -3.50. The fourth-order valence-corrected chi connectivity index (χ4v) is 4.58. The lowest BCUT2D eigenvalue weighted by Crippen LogP contribution is -2.32. The molecular weight excluding hydrogens is 503 g/mol. The average molecular weight is 520 g/mol. The number of aromatic nitrogens is 2. The molecule has 2 aromatic carbocycles. The van der Waals surface area contributed by atoms with Gasteiger partial charge in [-0.25, -0.2) is 13.4 Å². The van der Waals surface area contributed by atoms with E-state index in [0.29, 0.717) is 23.3 Å². The molecule has 1 amide bonds.